The van der Waals surface area contributed by atoms with Crippen LogP contribution in [0.25, 0.3) is 0 Å². The Balaban J connectivity index is 1.90. The van der Waals surface area contributed by atoms with Crippen molar-refractivity contribution in [2.45, 2.75) is 26.8 Å². The summed E-state index contributed by atoms with van der Waals surface area (Å²) in [5.74, 6) is 0. The fourth-order valence-corrected chi connectivity index (χ4v) is 2.75. The van der Waals surface area contributed by atoms with Crippen LogP contribution in [0, 0.1) is 13.8 Å². The number of hydrogen-bond acceptors (Lipinski definition) is 3. The quantitative estimate of drug-likeness (QED) is 0.896. The van der Waals surface area contributed by atoms with Gasteiger partial charge in [-0.25, -0.2) is 0 Å². The molecule has 0 unspecified atom stereocenters. The predicted molar refractivity (Wildman–Crippen MR) is 81.3 cm³/mol. The zero-order valence-electron chi connectivity index (χ0n) is 12.4. The zero-order chi connectivity index (χ0) is 13.7. The van der Waals surface area contributed by atoms with Crippen molar-refractivity contribution in [3.05, 3.63) is 34.9 Å². The summed E-state index contributed by atoms with van der Waals surface area (Å²) in [6.07, 6.45) is 1.25. The minimum absolute atomic E-state index is 0.775. The molecule has 0 radical (unpaired) electrons. The van der Waals surface area contributed by atoms with Crippen LogP contribution in [0.5, 0.6) is 0 Å². The van der Waals surface area contributed by atoms with E-state index in [9.17, 15) is 0 Å². The Morgan fingerprint density at radius 2 is 1.74 bits per heavy atom. The number of benzene rings is 1. The Morgan fingerprint density at radius 1 is 1.00 bits per heavy atom. The molecule has 106 valence electrons. The minimum Gasteiger partial charge on any atom is -0.329 e. The molecule has 1 saturated heterocycles. The first kappa shape index (κ1) is 14.5. The predicted octanol–water partition coefficient (Wildman–Crippen LogP) is 1.77. The van der Waals surface area contributed by atoms with Crippen LogP contribution in [-0.2, 0) is 6.54 Å². The lowest BCUT2D eigenvalue weighted by molar-refractivity contribution is 0.255. The molecule has 1 fully saturated rings. The first-order valence-corrected chi connectivity index (χ1v) is 7.40. The molecule has 0 spiro atoms. The molecule has 2 N–H and O–H groups in total. The highest BCUT2D eigenvalue weighted by molar-refractivity contribution is 5.29. The van der Waals surface area contributed by atoms with E-state index in [0.717, 1.165) is 32.7 Å². The van der Waals surface area contributed by atoms with E-state index in [-0.39, 0.29) is 0 Å². The van der Waals surface area contributed by atoms with Gasteiger partial charge in [-0.1, -0.05) is 18.2 Å². The molecule has 1 heterocycles. The molecule has 1 aromatic carbocycles. The maximum atomic E-state index is 5.64. The van der Waals surface area contributed by atoms with Gasteiger partial charge in [-0.3, -0.25) is 4.90 Å². The summed E-state index contributed by atoms with van der Waals surface area (Å²) >= 11 is 0. The van der Waals surface area contributed by atoms with Crippen LogP contribution >= 0.6 is 0 Å². The number of aryl methyl sites for hydroxylation is 2. The maximum Gasteiger partial charge on any atom is 0.0234 e. The minimum atomic E-state index is 0.775. The van der Waals surface area contributed by atoms with Crippen molar-refractivity contribution in [3.8, 4) is 0 Å². The maximum absolute atomic E-state index is 5.64. The van der Waals surface area contributed by atoms with Crippen molar-refractivity contribution in [1.82, 2.24) is 9.80 Å². The smallest absolute Gasteiger partial charge is 0.0234 e. The van der Waals surface area contributed by atoms with Gasteiger partial charge in [0.15, 0.2) is 0 Å². The molecule has 1 aromatic rings. The third-order valence-corrected chi connectivity index (χ3v) is 4.10. The Bertz CT molecular complexity index is 403. The first-order chi connectivity index (χ1) is 9.19. The van der Waals surface area contributed by atoms with Gasteiger partial charge in [-0.15, -0.1) is 0 Å². The van der Waals surface area contributed by atoms with Gasteiger partial charge in [0.2, 0.25) is 0 Å². The number of nitrogens with two attached hydrogens (primary N) is 1. The van der Waals surface area contributed by atoms with Gasteiger partial charge in [0.25, 0.3) is 0 Å². The van der Waals surface area contributed by atoms with Gasteiger partial charge in [-0.2, -0.15) is 0 Å². The van der Waals surface area contributed by atoms with Gasteiger partial charge in [0.1, 0.15) is 0 Å². The Morgan fingerprint density at radius 3 is 2.47 bits per heavy atom. The standard InChI is InChI=1S/C16H27N3/c1-14-4-5-16(12-15(14)2)13-19-8-3-7-18(9-6-17)10-11-19/h4-5,12H,3,6-11,13,17H2,1-2H3. The lowest BCUT2D eigenvalue weighted by atomic mass is 10.1. The van der Waals surface area contributed by atoms with E-state index in [2.05, 4.69) is 41.8 Å². The van der Waals surface area contributed by atoms with Gasteiger partial charge >= 0.3 is 0 Å². The number of rotatable bonds is 4. The molecule has 3 nitrogen and oxygen atoms in total. The van der Waals surface area contributed by atoms with Crippen molar-refractivity contribution >= 4 is 0 Å². The summed E-state index contributed by atoms with van der Waals surface area (Å²) in [5.41, 5.74) is 9.87. The lowest BCUT2D eigenvalue weighted by Gasteiger charge is -2.21. The molecule has 0 amide bonds. The first-order valence-electron chi connectivity index (χ1n) is 7.40. The van der Waals surface area contributed by atoms with Crippen LogP contribution in [0.1, 0.15) is 23.1 Å². The second kappa shape index (κ2) is 7.04. The normalized spacial score (nSPS) is 18.5. The number of hydrogen-bond donors (Lipinski definition) is 1. The van der Waals surface area contributed by atoms with Gasteiger partial charge < -0.3 is 10.6 Å². The van der Waals surface area contributed by atoms with Gasteiger partial charge in [0, 0.05) is 32.7 Å². The Labute approximate surface area is 117 Å². The van der Waals surface area contributed by atoms with Gasteiger partial charge in [0.05, 0.1) is 0 Å². The third-order valence-electron chi connectivity index (χ3n) is 4.10. The molecular formula is C16H27N3. The molecule has 0 saturated carbocycles. The van der Waals surface area contributed by atoms with Crippen LogP contribution < -0.4 is 5.73 Å². The summed E-state index contributed by atoms with van der Waals surface area (Å²) in [5, 5.41) is 0. The van der Waals surface area contributed by atoms with E-state index in [4.69, 9.17) is 5.73 Å². The number of nitrogens with zero attached hydrogens (tertiary/aromatic N) is 2. The van der Waals surface area contributed by atoms with Crippen LogP contribution in [-0.4, -0.2) is 49.1 Å². The Kier molecular flexibility index (Phi) is 5.37. The van der Waals surface area contributed by atoms with Crippen molar-refractivity contribution < 1.29 is 0 Å². The average molecular weight is 261 g/mol. The highest BCUT2D eigenvalue weighted by atomic mass is 15.2. The molecule has 0 aromatic heterocycles. The van der Waals surface area contributed by atoms with E-state index in [1.165, 1.54) is 36.2 Å². The molecule has 19 heavy (non-hydrogen) atoms. The van der Waals surface area contributed by atoms with E-state index in [1.54, 1.807) is 0 Å². The van der Waals surface area contributed by atoms with Crippen molar-refractivity contribution in [3.63, 3.8) is 0 Å². The molecule has 0 atom stereocenters. The monoisotopic (exact) mass is 261 g/mol. The van der Waals surface area contributed by atoms with Crippen molar-refractivity contribution in [2.75, 3.05) is 39.3 Å². The third kappa shape index (κ3) is 4.30. The van der Waals surface area contributed by atoms with Crippen molar-refractivity contribution in [1.29, 1.82) is 0 Å². The summed E-state index contributed by atoms with van der Waals surface area (Å²) in [4.78, 5) is 5.06. The zero-order valence-corrected chi connectivity index (χ0v) is 12.4. The van der Waals surface area contributed by atoms with Crippen LogP contribution in [0.2, 0.25) is 0 Å². The van der Waals surface area contributed by atoms with Crippen molar-refractivity contribution in [2.24, 2.45) is 5.73 Å². The summed E-state index contributed by atoms with van der Waals surface area (Å²) in [6.45, 7) is 12.0. The topological polar surface area (TPSA) is 32.5 Å². The summed E-state index contributed by atoms with van der Waals surface area (Å²) < 4.78 is 0. The Hall–Kier alpha value is -0.900. The highest BCUT2D eigenvalue weighted by Crippen LogP contribution is 2.13. The molecule has 1 aliphatic rings. The lowest BCUT2D eigenvalue weighted by Crippen LogP contribution is -2.33. The summed E-state index contributed by atoms with van der Waals surface area (Å²) in [7, 11) is 0. The van der Waals surface area contributed by atoms with E-state index in [0.29, 0.717) is 0 Å². The molecule has 1 aliphatic heterocycles. The summed E-state index contributed by atoms with van der Waals surface area (Å²) in [6, 6.07) is 6.84. The fraction of sp³-hybridized carbons (Fsp3) is 0.625. The highest BCUT2D eigenvalue weighted by Gasteiger charge is 2.14. The van der Waals surface area contributed by atoms with E-state index >= 15 is 0 Å². The van der Waals surface area contributed by atoms with Crippen LogP contribution in [0.3, 0.4) is 0 Å². The molecule has 0 aliphatic carbocycles. The second-order valence-electron chi connectivity index (χ2n) is 5.68. The van der Waals surface area contributed by atoms with Gasteiger partial charge in [-0.05, 0) is 50.0 Å². The largest absolute Gasteiger partial charge is 0.329 e. The van der Waals surface area contributed by atoms with E-state index in [1.807, 2.05) is 0 Å². The molecule has 0 bridgehead atoms. The molecule has 2 rings (SSSR count). The SMILES string of the molecule is Cc1ccc(CN2CCCN(CCN)CC2)cc1C. The van der Waals surface area contributed by atoms with Crippen LogP contribution in [0.4, 0.5) is 0 Å². The molecule has 3 heteroatoms. The molecular weight excluding hydrogens is 234 g/mol. The van der Waals surface area contributed by atoms with Crippen LogP contribution in [0.15, 0.2) is 18.2 Å². The average Bonchev–Trinajstić information content (AvgIpc) is 2.60. The van der Waals surface area contributed by atoms with E-state index < -0.39 is 0 Å². The fourth-order valence-electron chi connectivity index (χ4n) is 2.75. The second-order valence-corrected chi connectivity index (χ2v) is 5.68.